The first-order valence-electron chi connectivity index (χ1n) is 6.10. The third-order valence-corrected chi connectivity index (χ3v) is 2.44. The van der Waals surface area contributed by atoms with Crippen LogP contribution >= 0.6 is 0 Å². The molecule has 0 rings (SSSR count). The molecule has 3 nitrogen and oxygen atoms in total. The van der Waals surface area contributed by atoms with Crippen LogP contribution in [0.25, 0.3) is 0 Å². The fraction of sp³-hybridized carbons (Fsp3) is 0.923. The van der Waals surface area contributed by atoms with Crippen molar-refractivity contribution in [2.75, 3.05) is 40.3 Å². The van der Waals surface area contributed by atoms with Crippen LogP contribution in [0, 0.1) is 11.3 Å². The zero-order valence-electron chi connectivity index (χ0n) is 11.8. The first-order chi connectivity index (χ1) is 7.26. The van der Waals surface area contributed by atoms with Gasteiger partial charge in [0, 0.05) is 31.6 Å². The topological polar surface area (TPSA) is 23.6 Å². The number of carbonyl (C=O) groups excluding carboxylic acids is 1. The van der Waals surface area contributed by atoms with Crippen molar-refractivity contribution in [2.45, 2.75) is 27.7 Å². The van der Waals surface area contributed by atoms with Crippen LogP contribution in [0.4, 0.5) is 0 Å². The Morgan fingerprint density at radius 2 is 1.75 bits per heavy atom. The summed E-state index contributed by atoms with van der Waals surface area (Å²) in [6.45, 7) is 12.4. The minimum absolute atomic E-state index is 0.235. The molecule has 16 heavy (non-hydrogen) atoms. The zero-order valence-corrected chi connectivity index (χ0v) is 11.8. The number of rotatable bonds is 8. The second kappa shape index (κ2) is 7.02. The molecule has 0 heterocycles. The highest BCUT2D eigenvalue weighted by molar-refractivity contribution is 5.58. The monoisotopic (exact) mass is 228 g/mol. The third-order valence-electron chi connectivity index (χ3n) is 2.44. The summed E-state index contributed by atoms with van der Waals surface area (Å²) < 4.78 is 0. The summed E-state index contributed by atoms with van der Waals surface area (Å²) in [5, 5.41) is 0. The van der Waals surface area contributed by atoms with Gasteiger partial charge in [-0.2, -0.15) is 0 Å². The Bertz CT molecular complexity index is 200. The lowest BCUT2D eigenvalue weighted by atomic mass is 9.94. The average Bonchev–Trinajstić information content (AvgIpc) is 2.13. The molecule has 0 bridgehead atoms. The average molecular weight is 228 g/mol. The molecule has 0 aliphatic carbocycles. The van der Waals surface area contributed by atoms with E-state index in [2.05, 4.69) is 37.7 Å². The lowest BCUT2D eigenvalue weighted by Gasteiger charge is -2.31. The molecule has 0 spiro atoms. The van der Waals surface area contributed by atoms with Crippen molar-refractivity contribution in [2.24, 2.45) is 11.3 Å². The van der Waals surface area contributed by atoms with Gasteiger partial charge in [0.2, 0.25) is 0 Å². The molecule has 3 heteroatoms. The molecule has 0 aromatic rings. The Kier molecular flexibility index (Phi) is 6.84. The summed E-state index contributed by atoms with van der Waals surface area (Å²) in [7, 11) is 4.16. The van der Waals surface area contributed by atoms with Crippen LogP contribution in [-0.2, 0) is 4.79 Å². The molecular formula is C13H28N2O. The lowest BCUT2D eigenvalue weighted by molar-refractivity contribution is -0.115. The summed E-state index contributed by atoms with van der Waals surface area (Å²) in [6, 6.07) is 0. The van der Waals surface area contributed by atoms with Crippen molar-refractivity contribution < 1.29 is 4.79 Å². The van der Waals surface area contributed by atoms with Crippen LogP contribution in [-0.4, -0.2) is 56.4 Å². The number of nitrogens with zero attached hydrogens (tertiary/aromatic N) is 2. The molecule has 96 valence electrons. The minimum Gasteiger partial charge on any atom is -0.308 e. The first kappa shape index (κ1) is 15.6. The van der Waals surface area contributed by atoms with Crippen LogP contribution in [0.3, 0.4) is 0 Å². The molecule has 0 saturated carbocycles. The Hall–Kier alpha value is -0.410. The molecule has 0 saturated heterocycles. The highest BCUT2D eigenvalue weighted by Gasteiger charge is 2.21. The Labute approximate surface area is 101 Å². The lowest BCUT2D eigenvalue weighted by Crippen LogP contribution is -2.40. The maximum Gasteiger partial charge on any atom is 0.126 e. The van der Waals surface area contributed by atoms with Gasteiger partial charge >= 0.3 is 0 Å². The van der Waals surface area contributed by atoms with E-state index in [1.807, 2.05) is 13.8 Å². The van der Waals surface area contributed by atoms with E-state index in [1.165, 1.54) is 0 Å². The fourth-order valence-electron chi connectivity index (χ4n) is 1.71. The van der Waals surface area contributed by atoms with E-state index in [0.717, 1.165) is 32.5 Å². The molecule has 0 fully saturated rings. The summed E-state index contributed by atoms with van der Waals surface area (Å²) in [5.41, 5.74) is -0.235. The van der Waals surface area contributed by atoms with E-state index in [0.29, 0.717) is 5.92 Å². The Morgan fingerprint density at radius 3 is 2.12 bits per heavy atom. The third kappa shape index (κ3) is 7.83. The van der Waals surface area contributed by atoms with Gasteiger partial charge in [-0.15, -0.1) is 0 Å². The molecule has 0 N–H and O–H groups in total. The van der Waals surface area contributed by atoms with Gasteiger partial charge in [0.05, 0.1) is 0 Å². The van der Waals surface area contributed by atoms with Gasteiger partial charge in [-0.25, -0.2) is 0 Å². The van der Waals surface area contributed by atoms with Crippen molar-refractivity contribution >= 4 is 6.29 Å². The molecular weight excluding hydrogens is 200 g/mol. The molecule has 0 aromatic heterocycles. The molecule has 0 unspecified atom stereocenters. The predicted molar refractivity (Wildman–Crippen MR) is 69.7 cm³/mol. The van der Waals surface area contributed by atoms with Gasteiger partial charge in [0.1, 0.15) is 6.29 Å². The van der Waals surface area contributed by atoms with Gasteiger partial charge in [0.15, 0.2) is 0 Å². The zero-order chi connectivity index (χ0) is 12.8. The minimum atomic E-state index is -0.235. The van der Waals surface area contributed by atoms with E-state index < -0.39 is 0 Å². The van der Waals surface area contributed by atoms with Crippen LogP contribution in [0.1, 0.15) is 27.7 Å². The molecule has 0 aliphatic rings. The summed E-state index contributed by atoms with van der Waals surface area (Å²) in [5.74, 6) is 0.643. The standard InChI is InChI=1S/C13H28N2O/c1-12(2)9-15(8-7-14(5)6)10-13(3,4)11-16/h11-12H,7-10H2,1-6H3. The van der Waals surface area contributed by atoms with E-state index in [4.69, 9.17) is 0 Å². The van der Waals surface area contributed by atoms with Crippen molar-refractivity contribution in [3.05, 3.63) is 0 Å². The second-order valence-electron chi connectivity index (χ2n) is 6.04. The van der Waals surface area contributed by atoms with E-state index in [9.17, 15) is 4.79 Å². The van der Waals surface area contributed by atoms with Crippen molar-refractivity contribution in [3.8, 4) is 0 Å². The quantitative estimate of drug-likeness (QED) is 0.591. The SMILES string of the molecule is CC(C)CN(CCN(C)C)CC(C)(C)C=O. The van der Waals surface area contributed by atoms with E-state index in [-0.39, 0.29) is 5.41 Å². The predicted octanol–water partition coefficient (Wildman–Crippen LogP) is 1.73. The van der Waals surface area contributed by atoms with Crippen LogP contribution in [0.2, 0.25) is 0 Å². The van der Waals surface area contributed by atoms with E-state index in [1.54, 1.807) is 0 Å². The number of hydrogen-bond donors (Lipinski definition) is 0. The van der Waals surface area contributed by atoms with Crippen LogP contribution in [0.5, 0.6) is 0 Å². The highest BCUT2D eigenvalue weighted by atomic mass is 16.1. The van der Waals surface area contributed by atoms with Gasteiger partial charge in [0.25, 0.3) is 0 Å². The van der Waals surface area contributed by atoms with Crippen LogP contribution in [0.15, 0.2) is 0 Å². The molecule has 0 atom stereocenters. The fourth-order valence-corrected chi connectivity index (χ4v) is 1.71. The highest BCUT2D eigenvalue weighted by Crippen LogP contribution is 2.14. The van der Waals surface area contributed by atoms with Gasteiger partial charge < -0.3 is 14.6 Å². The Morgan fingerprint density at radius 1 is 1.19 bits per heavy atom. The first-order valence-corrected chi connectivity index (χ1v) is 6.10. The Balaban J connectivity index is 4.25. The summed E-state index contributed by atoms with van der Waals surface area (Å²) >= 11 is 0. The molecule has 0 radical (unpaired) electrons. The largest absolute Gasteiger partial charge is 0.308 e. The molecule has 0 aliphatic heterocycles. The number of likely N-dealkylation sites (N-methyl/N-ethyl adjacent to an activating group) is 1. The maximum atomic E-state index is 10.9. The van der Waals surface area contributed by atoms with Crippen molar-refractivity contribution in [3.63, 3.8) is 0 Å². The molecule has 0 amide bonds. The summed E-state index contributed by atoms with van der Waals surface area (Å²) in [4.78, 5) is 15.5. The van der Waals surface area contributed by atoms with Gasteiger partial charge in [-0.3, -0.25) is 0 Å². The number of aldehydes is 1. The van der Waals surface area contributed by atoms with Crippen molar-refractivity contribution in [1.29, 1.82) is 0 Å². The van der Waals surface area contributed by atoms with Crippen molar-refractivity contribution in [1.82, 2.24) is 9.80 Å². The normalized spacial score (nSPS) is 12.8. The smallest absolute Gasteiger partial charge is 0.126 e. The van der Waals surface area contributed by atoms with Gasteiger partial charge in [-0.1, -0.05) is 27.7 Å². The van der Waals surface area contributed by atoms with E-state index >= 15 is 0 Å². The van der Waals surface area contributed by atoms with Crippen LogP contribution < -0.4 is 0 Å². The summed E-state index contributed by atoms with van der Waals surface area (Å²) in [6.07, 6.45) is 1.07. The second-order valence-corrected chi connectivity index (χ2v) is 6.04. The number of carbonyl (C=O) groups is 1. The molecule has 0 aromatic carbocycles. The maximum absolute atomic E-state index is 10.9. The number of hydrogen-bond acceptors (Lipinski definition) is 3. The van der Waals surface area contributed by atoms with Gasteiger partial charge in [-0.05, 0) is 20.0 Å².